The molecule has 1 heterocycles. The lowest BCUT2D eigenvalue weighted by atomic mass is 10.0. The van der Waals surface area contributed by atoms with Gasteiger partial charge in [0.25, 0.3) is 0 Å². The molecule has 3 nitrogen and oxygen atoms in total. The van der Waals surface area contributed by atoms with Gasteiger partial charge in [-0.05, 0) is 19.9 Å². The maximum atomic E-state index is 10.8. The van der Waals surface area contributed by atoms with Gasteiger partial charge in [0.1, 0.15) is 5.60 Å². The Kier molecular flexibility index (Phi) is 5.12. The van der Waals surface area contributed by atoms with Gasteiger partial charge in [0.2, 0.25) is 0 Å². The van der Waals surface area contributed by atoms with Crippen molar-refractivity contribution in [2.75, 3.05) is 0 Å². The Morgan fingerprint density at radius 1 is 1.40 bits per heavy atom. The molecule has 0 spiro atoms. The highest BCUT2D eigenvalue weighted by Gasteiger charge is 2.24. The van der Waals surface area contributed by atoms with E-state index in [1.54, 1.807) is 0 Å². The number of aryl methyl sites for hydroxylation is 1. The van der Waals surface area contributed by atoms with Crippen LogP contribution in [0.25, 0.3) is 0 Å². The average molecular weight is 211 g/mol. The fourth-order valence-electron chi connectivity index (χ4n) is 1.28. The fourth-order valence-corrected chi connectivity index (χ4v) is 1.28. The van der Waals surface area contributed by atoms with Crippen molar-refractivity contribution in [1.29, 1.82) is 0 Å². The van der Waals surface area contributed by atoms with Gasteiger partial charge in [-0.1, -0.05) is 13.8 Å². The monoisotopic (exact) mass is 211 g/mol. The Hall–Kier alpha value is -1.25. The summed E-state index contributed by atoms with van der Waals surface area (Å²) < 4.78 is 7.12. The predicted octanol–water partition coefficient (Wildman–Crippen LogP) is 2.85. The molecule has 15 heavy (non-hydrogen) atoms. The van der Waals surface area contributed by atoms with Crippen molar-refractivity contribution >= 4 is 5.97 Å². The number of esters is 1. The van der Waals surface area contributed by atoms with Crippen LogP contribution in [-0.2, 0) is 22.2 Å². The van der Waals surface area contributed by atoms with Gasteiger partial charge in [0.05, 0.1) is 0 Å². The maximum Gasteiger partial charge on any atom is 0.303 e. The summed E-state index contributed by atoms with van der Waals surface area (Å²) in [5, 5.41) is 0. The quantitative estimate of drug-likeness (QED) is 0.704. The first kappa shape index (κ1) is 13.8. The molecule has 0 atom stereocenters. The minimum absolute atomic E-state index is 0.256. The lowest BCUT2D eigenvalue weighted by molar-refractivity contribution is -0.154. The van der Waals surface area contributed by atoms with E-state index in [0.29, 0.717) is 0 Å². The molecule has 0 aliphatic carbocycles. The molecule has 0 saturated heterocycles. The standard InChI is InChI=1S/C10H15NO2.C2H6/c1-8(12)13-10(2,3)9-5-6-11(4)7-9;1-2/h5-7H,1-4H3;1-2H3. The molecule has 0 saturated carbocycles. The van der Waals surface area contributed by atoms with E-state index in [1.807, 2.05) is 57.8 Å². The van der Waals surface area contributed by atoms with Crippen LogP contribution in [0.1, 0.15) is 40.2 Å². The zero-order chi connectivity index (χ0) is 12.1. The average Bonchev–Trinajstić information content (AvgIpc) is 2.54. The highest BCUT2D eigenvalue weighted by atomic mass is 16.6. The van der Waals surface area contributed by atoms with E-state index in [-0.39, 0.29) is 5.97 Å². The van der Waals surface area contributed by atoms with Crippen LogP contribution in [0.4, 0.5) is 0 Å². The van der Waals surface area contributed by atoms with Gasteiger partial charge in [-0.15, -0.1) is 0 Å². The summed E-state index contributed by atoms with van der Waals surface area (Å²) in [7, 11) is 1.94. The first-order valence-corrected chi connectivity index (χ1v) is 5.24. The summed E-state index contributed by atoms with van der Waals surface area (Å²) in [4.78, 5) is 10.8. The molecule has 0 aliphatic heterocycles. The lowest BCUT2D eigenvalue weighted by Gasteiger charge is -2.23. The van der Waals surface area contributed by atoms with Crippen LogP contribution in [-0.4, -0.2) is 10.5 Å². The first-order valence-electron chi connectivity index (χ1n) is 5.24. The van der Waals surface area contributed by atoms with E-state index in [1.165, 1.54) is 6.92 Å². The Morgan fingerprint density at radius 3 is 2.27 bits per heavy atom. The molecule has 0 aliphatic rings. The minimum atomic E-state index is -0.535. The second-order valence-electron chi connectivity index (χ2n) is 3.67. The molecule has 0 aromatic carbocycles. The van der Waals surface area contributed by atoms with E-state index in [4.69, 9.17) is 4.74 Å². The number of nitrogens with zero attached hydrogens (tertiary/aromatic N) is 1. The van der Waals surface area contributed by atoms with Crippen molar-refractivity contribution in [2.45, 2.75) is 40.2 Å². The molecular weight excluding hydrogens is 190 g/mol. The van der Waals surface area contributed by atoms with Crippen molar-refractivity contribution in [3.8, 4) is 0 Å². The Bertz CT molecular complexity index is 313. The number of ether oxygens (including phenoxy) is 1. The number of carbonyl (C=O) groups excluding carboxylic acids is 1. The smallest absolute Gasteiger partial charge is 0.303 e. The third-order valence-electron chi connectivity index (χ3n) is 1.93. The van der Waals surface area contributed by atoms with Gasteiger partial charge in [-0.3, -0.25) is 4.79 Å². The highest BCUT2D eigenvalue weighted by molar-refractivity contribution is 5.66. The summed E-state index contributed by atoms with van der Waals surface area (Å²) in [6.07, 6.45) is 3.88. The zero-order valence-corrected chi connectivity index (χ0v) is 10.5. The number of hydrogen-bond donors (Lipinski definition) is 0. The van der Waals surface area contributed by atoms with Gasteiger partial charge in [0.15, 0.2) is 0 Å². The summed E-state index contributed by atoms with van der Waals surface area (Å²) in [6, 6.07) is 1.95. The molecule has 0 amide bonds. The van der Waals surface area contributed by atoms with E-state index >= 15 is 0 Å². The Morgan fingerprint density at radius 2 is 1.93 bits per heavy atom. The van der Waals surface area contributed by atoms with Crippen molar-refractivity contribution in [1.82, 2.24) is 4.57 Å². The molecule has 0 bridgehead atoms. The number of aromatic nitrogens is 1. The fraction of sp³-hybridized carbons (Fsp3) is 0.583. The molecule has 0 fully saturated rings. The lowest BCUT2D eigenvalue weighted by Crippen LogP contribution is -2.23. The van der Waals surface area contributed by atoms with Crippen LogP contribution in [0.2, 0.25) is 0 Å². The van der Waals surface area contributed by atoms with Gasteiger partial charge in [-0.2, -0.15) is 0 Å². The maximum absolute atomic E-state index is 10.8. The molecule has 3 heteroatoms. The van der Waals surface area contributed by atoms with Crippen molar-refractivity contribution in [3.63, 3.8) is 0 Å². The van der Waals surface area contributed by atoms with E-state index < -0.39 is 5.60 Å². The third-order valence-corrected chi connectivity index (χ3v) is 1.93. The van der Waals surface area contributed by atoms with Crippen LogP contribution in [0.3, 0.4) is 0 Å². The normalized spacial score (nSPS) is 10.3. The van der Waals surface area contributed by atoms with Crippen LogP contribution in [0.15, 0.2) is 18.5 Å². The van der Waals surface area contributed by atoms with Crippen LogP contribution < -0.4 is 0 Å². The largest absolute Gasteiger partial charge is 0.455 e. The minimum Gasteiger partial charge on any atom is -0.455 e. The molecule has 1 aromatic rings. The zero-order valence-electron chi connectivity index (χ0n) is 10.5. The molecule has 86 valence electrons. The summed E-state index contributed by atoms with van der Waals surface area (Å²) in [5.41, 5.74) is 0.470. The molecule has 0 N–H and O–H groups in total. The second kappa shape index (κ2) is 5.59. The summed E-state index contributed by atoms with van der Waals surface area (Å²) in [6.45, 7) is 9.18. The van der Waals surface area contributed by atoms with Crippen LogP contribution in [0, 0.1) is 0 Å². The SMILES string of the molecule is CC.CC(=O)OC(C)(C)c1ccn(C)c1. The molecule has 0 unspecified atom stereocenters. The number of hydrogen-bond acceptors (Lipinski definition) is 2. The summed E-state index contributed by atoms with van der Waals surface area (Å²) in [5.74, 6) is -0.256. The molecule has 1 rings (SSSR count). The van der Waals surface area contributed by atoms with E-state index in [2.05, 4.69) is 0 Å². The molecular formula is C12H21NO2. The van der Waals surface area contributed by atoms with Crippen molar-refractivity contribution in [3.05, 3.63) is 24.0 Å². The van der Waals surface area contributed by atoms with Gasteiger partial charge >= 0.3 is 5.97 Å². The first-order chi connectivity index (χ1) is 6.92. The van der Waals surface area contributed by atoms with E-state index in [9.17, 15) is 4.79 Å². The Labute approximate surface area is 92.1 Å². The predicted molar refractivity (Wildman–Crippen MR) is 61.6 cm³/mol. The van der Waals surface area contributed by atoms with Gasteiger partial charge < -0.3 is 9.30 Å². The highest BCUT2D eigenvalue weighted by Crippen LogP contribution is 2.24. The van der Waals surface area contributed by atoms with Crippen LogP contribution >= 0.6 is 0 Å². The van der Waals surface area contributed by atoms with Gasteiger partial charge in [-0.25, -0.2) is 0 Å². The second-order valence-corrected chi connectivity index (χ2v) is 3.67. The van der Waals surface area contributed by atoms with E-state index in [0.717, 1.165) is 5.56 Å². The van der Waals surface area contributed by atoms with Crippen LogP contribution in [0.5, 0.6) is 0 Å². The molecule has 0 radical (unpaired) electrons. The number of rotatable bonds is 2. The summed E-state index contributed by atoms with van der Waals surface area (Å²) >= 11 is 0. The van der Waals surface area contributed by atoms with Gasteiger partial charge in [0, 0.05) is 31.9 Å². The third kappa shape index (κ3) is 4.19. The Balaban J connectivity index is 0.000000921. The topological polar surface area (TPSA) is 31.2 Å². The van der Waals surface area contributed by atoms with Crippen molar-refractivity contribution < 1.29 is 9.53 Å². The molecule has 1 aromatic heterocycles. The van der Waals surface area contributed by atoms with Crippen molar-refractivity contribution in [2.24, 2.45) is 7.05 Å². The number of carbonyl (C=O) groups is 1.